The number of aromatic nitrogens is 2. The zero-order valence-corrected chi connectivity index (χ0v) is 20.0. The molecule has 0 saturated carbocycles. The van der Waals surface area contributed by atoms with Gasteiger partial charge in [0.05, 0.1) is 24.4 Å². The number of pyridine rings is 2. The van der Waals surface area contributed by atoms with E-state index in [1.54, 1.807) is 29.3 Å². The molecule has 1 aromatic carbocycles. The lowest BCUT2D eigenvalue weighted by Gasteiger charge is -2.38. The van der Waals surface area contributed by atoms with E-state index < -0.39 is 0 Å². The van der Waals surface area contributed by atoms with Crippen molar-refractivity contribution in [2.24, 2.45) is 5.92 Å². The van der Waals surface area contributed by atoms with Crippen LogP contribution in [0.1, 0.15) is 47.0 Å². The predicted octanol–water partition coefficient (Wildman–Crippen LogP) is 4.94. The van der Waals surface area contributed by atoms with E-state index in [9.17, 15) is 9.90 Å². The molecule has 180 valence electrons. The Kier molecular flexibility index (Phi) is 6.82. The van der Waals surface area contributed by atoms with Gasteiger partial charge in [0.25, 0.3) is 5.56 Å². The smallest absolute Gasteiger partial charge is 0.260 e. The van der Waals surface area contributed by atoms with Crippen molar-refractivity contribution < 1.29 is 9.52 Å². The van der Waals surface area contributed by atoms with Gasteiger partial charge in [-0.05, 0) is 86.7 Å². The number of hydrogen-bond donors (Lipinski definition) is 1. The summed E-state index contributed by atoms with van der Waals surface area (Å²) in [5, 5.41) is 11.1. The first kappa shape index (κ1) is 23.1. The molecule has 1 aliphatic heterocycles. The van der Waals surface area contributed by atoms with E-state index in [0.717, 1.165) is 37.9 Å². The summed E-state index contributed by atoms with van der Waals surface area (Å²) in [7, 11) is 0. The third kappa shape index (κ3) is 5.08. The molecule has 0 unspecified atom stereocenters. The molecule has 6 nitrogen and oxygen atoms in total. The van der Waals surface area contributed by atoms with Crippen LogP contribution in [0.4, 0.5) is 0 Å². The lowest BCUT2D eigenvalue weighted by molar-refractivity contribution is 0.148. The lowest BCUT2D eigenvalue weighted by atomic mass is 9.88. The fourth-order valence-electron chi connectivity index (χ4n) is 5.25. The summed E-state index contributed by atoms with van der Waals surface area (Å²) in [4.78, 5) is 20.3. The van der Waals surface area contributed by atoms with Crippen LogP contribution in [-0.4, -0.2) is 32.6 Å². The second-order valence-electron chi connectivity index (χ2n) is 9.41. The average molecular weight is 470 g/mol. The molecule has 3 aromatic heterocycles. The van der Waals surface area contributed by atoms with Crippen molar-refractivity contribution in [2.45, 2.75) is 38.8 Å². The number of aryl methyl sites for hydroxylation is 1. The van der Waals surface area contributed by atoms with E-state index >= 15 is 0 Å². The summed E-state index contributed by atoms with van der Waals surface area (Å²) in [6, 6.07) is 19.5. The highest BCUT2D eigenvalue weighted by Gasteiger charge is 2.32. The molecule has 6 heteroatoms. The van der Waals surface area contributed by atoms with Crippen molar-refractivity contribution in [1.82, 2.24) is 14.5 Å². The highest BCUT2D eigenvalue weighted by Crippen LogP contribution is 2.35. The van der Waals surface area contributed by atoms with E-state index in [4.69, 9.17) is 4.42 Å². The van der Waals surface area contributed by atoms with Gasteiger partial charge < -0.3 is 14.1 Å². The fourth-order valence-corrected chi connectivity index (χ4v) is 5.25. The monoisotopic (exact) mass is 469 g/mol. The van der Waals surface area contributed by atoms with Crippen LogP contribution < -0.4 is 5.56 Å². The van der Waals surface area contributed by atoms with Gasteiger partial charge in [0, 0.05) is 18.1 Å². The van der Waals surface area contributed by atoms with Crippen LogP contribution in [0.3, 0.4) is 0 Å². The van der Waals surface area contributed by atoms with Crippen LogP contribution in [0.25, 0.3) is 0 Å². The van der Waals surface area contributed by atoms with Gasteiger partial charge in [-0.2, -0.15) is 0 Å². The molecule has 1 N–H and O–H groups in total. The number of benzene rings is 1. The van der Waals surface area contributed by atoms with Crippen LogP contribution >= 0.6 is 0 Å². The molecule has 0 radical (unpaired) electrons. The Bertz CT molecular complexity index is 1290. The normalized spacial score (nSPS) is 15.8. The van der Waals surface area contributed by atoms with E-state index in [2.05, 4.69) is 40.2 Å². The molecule has 1 atom stereocenters. The standard InChI is InChI=1S/C29H31N3O3/c1-21-18-26(33)27(29(34)32(21)20-25-8-5-17-35-25)28(24-9-13-30-14-10-24)31-15-11-23(12-16-31)19-22-6-3-2-4-7-22/h2-10,13-14,17-18,23,28,33H,11-12,15-16,19-20H2,1H3/t28-/m0/s1. The van der Waals surface area contributed by atoms with Gasteiger partial charge in [0.1, 0.15) is 11.5 Å². The topological polar surface area (TPSA) is 71.5 Å². The molecular weight excluding hydrogens is 438 g/mol. The predicted molar refractivity (Wildman–Crippen MR) is 135 cm³/mol. The Labute approximate surface area is 205 Å². The third-order valence-electron chi connectivity index (χ3n) is 7.09. The SMILES string of the molecule is Cc1cc(O)c([C@H](c2ccncc2)N2CCC(Cc3ccccc3)CC2)c(=O)n1Cc1ccco1. The van der Waals surface area contributed by atoms with Gasteiger partial charge in [0.15, 0.2) is 0 Å². The van der Waals surface area contributed by atoms with Crippen LogP contribution in [0.5, 0.6) is 5.75 Å². The van der Waals surface area contributed by atoms with Crippen molar-refractivity contribution in [3.8, 4) is 5.75 Å². The number of furan rings is 1. The number of piperidine rings is 1. The summed E-state index contributed by atoms with van der Waals surface area (Å²) < 4.78 is 7.18. The maximum Gasteiger partial charge on any atom is 0.260 e. The summed E-state index contributed by atoms with van der Waals surface area (Å²) in [5.41, 5.74) is 3.25. The van der Waals surface area contributed by atoms with E-state index in [1.807, 2.05) is 31.2 Å². The van der Waals surface area contributed by atoms with Crippen LogP contribution in [-0.2, 0) is 13.0 Å². The quantitative estimate of drug-likeness (QED) is 0.415. The Hall–Kier alpha value is -3.64. The molecule has 4 heterocycles. The first-order valence-corrected chi connectivity index (χ1v) is 12.2. The Morgan fingerprint density at radius 2 is 1.80 bits per heavy atom. The van der Waals surface area contributed by atoms with E-state index in [-0.39, 0.29) is 17.4 Å². The van der Waals surface area contributed by atoms with Crippen molar-refractivity contribution in [3.05, 3.63) is 118 Å². The van der Waals surface area contributed by atoms with Gasteiger partial charge in [0.2, 0.25) is 0 Å². The molecule has 0 bridgehead atoms. The highest BCUT2D eigenvalue weighted by atomic mass is 16.3. The summed E-state index contributed by atoms with van der Waals surface area (Å²) >= 11 is 0. The van der Waals surface area contributed by atoms with Gasteiger partial charge >= 0.3 is 0 Å². The highest BCUT2D eigenvalue weighted by molar-refractivity contribution is 5.41. The molecule has 1 fully saturated rings. The molecule has 4 aromatic rings. The lowest BCUT2D eigenvalue weighted by Crippen LogP contribution is -2.41. The first-order valence-electron chi connectivity index (χ1n) is 12.2. The summed E-state index contributed by atoms with van der Waals surface area (Å²) in [6.45, 7) is 3.88. The molecule has 1 aliphatic rings. The zero-order valence-electron chi connectivity index (χ0n) is 20.0. The fraction of sp³-hybridized carbons (Fsp3) is 0.310. The van der Waals surface area contributed by atoms with Crippen molar-refractivity contribution in [2.75, 3.05) is 13.1 Å². The molecule has 0 aliphatic carbocycles. The van der Waals surface area contributed by atoms with E-state index in [0.29, 0.717) is 29.5 Å². The van der Waals surface area contributed by atoms with Crippen molar-refractivity contribution in [3.63, 3.8) is 0 Å². The number of nitrogens with zero attached hydrogens (tertiary/aromatic N) is 3. The van der Waals surface area contributed by atoms with E-state index in [1.165, 1.54) is 5.56 Å². The van der Waals surface area contributed by atoms with Gasteiger partial charge in [-0.15, -0.1) is 0 Å². The summed E-state index contributed by atoms with van der Waals surface area (Å²) in [6.07, 6.45) is 8.26. The molecule has 5 rings (SSSR count). The number of aromatic hydroxyl groups is 1. The minimum atomic E-state index is -0.341. The molecule has 0 spiro atoms. The second kappa shape index (κ2) is 10.3. The van der Waals surface area contributed by atoms with Crippen molar-refractivity contribution >= 4 is 0 Å². The zero-order chi connectivity index (χ0) is 24.2. The second-order valence-corrected chi connectivity index (χ2v) is 9.41. The Morgan fingerprint density at radius 3 is 2.49 bits per heavy atom. The minimum absolute atomic E-state index is 0.0383. The minimum Gasteiger partial charge on any atom is -0.507 e. The Morgan fingerprint density at radius 1 is 1.06 bits per heavy atom. The maximum absolute atomic E-state index is 13.8. The first-order chi connectivity index (χ1) is 17.1. The molecule has 0 amide bonds. The number of likely N-dealkylation sites (tertiary alicyclic amines) is 1. The average Bonchev–Trinajstić information content (AvgIpc) is 3.40. The third-order valence-corrected chi connectivity index (χ3v) is 7.09. The number of rotatable bonds is 7. The molecule has 35 heavy (non-hydrogen) atoms. The van der Waals surface area contributed by atoms with Crippen LogP contribution in [0, 0.1) is 12.8 Å². The van der Waals surface area contributed by atoms with Crippen molar-refractivity contribution in [1.29, 1.82) is 0 Å². The van der Waals surface area contributed by atoms with Crippen LogP contribution in [0.15, 0.2) is 88.5 Å². The van der Waals surface area contributed by atoms with Gasteiger partial charge in [-0.1, -0.05) is 30.3 Å². The number of hydrogen-bond acceptors (Lipinski definition) is 5. The van der Waals surface area contributed by atoms with Gasteiger partial charge in [-0.3, -0.25) is 14.7 Å². The molecular formula is C29H31N3O3. The maximum atomic E-state index is 13.8. The summed E-state index contributed by atoms with van der Waals surface area (Å²) in [5.74, 6) is 1.35. The largest absolute Gasteiger partial charge is 0.507 e. The Balaban J connectivity index is 1.46. The molecule has 1 saturated heterocycles. The van der Waals surface area contributed by atoms with Crippen LogP contribution in [0.2, 0.25) is 0 Å². The van der Waals surface area contributed by atoms with Gasteiger partial charge in [-0.25, -0.2) is 0 Å².